The molecule has 1 fully saturated rings. The van der Waals surface area contributed by atoms with Crippen LogP contribution in [-0.2, 0) is 20.1 Å². The van der Waals surface area contributed by atoms with Crippen LogP contribution >= 0.6 is 11.8 Å². The van der Waals surface area contributed by atoms with Crippen LogP contribution in [0.3, 0.4) is 0 Å². The monoisotopic (exact) mass is 405 g/mol. The van der Waals surface area contributed by atoms with Crippen molar-refractivity contribution in [2.75, 3.05) is 25.4 Å². The van der Waals surface area contributed by atoms with E-state index in [2.05, 4.69) is 22.8 Å². The highest BCUT2D eigenvalue weighted by atomic mass is 32.2. The molecule has 0 bridgehead atoms. The van der Waals surface area contributed by atoms with Crippen molar-refractivity contribution >= 4 is 29.5 Å². The quantitative estimate of drug-likeness (QED) is 0.553. The maximum Gasteiger partial charge on any atom is 0.243 e. The number of nitrogens with zero attached hydrogens (tertiary/aromatic N) is 1. The summed E-state index contributed by atoms with van der Waals surface area (Å²) in [7, 11) is 0. The molecule has 2 rings (SSSR count). The highest BCUT2D eigenvalue weighted by molar-refractivity contribution is 7.98. The Bertz CT molecular complexity index is 652. The van der Waals surface area contributed by atoms with E-state index in [9.17, 15) is 14.4 Å². The Balaban J connectivity index is 1.78. The molecule has 0 aromatic heterocycles. The molecule has 154 valence electrons. The molecule has 0 spiro atoms. The van der Waals surface area contributed by atoms with Crippen molar-refractivity contribution in [1.29, 1.82) is 0 Å². The van der Waals surface area contributed by atoms with E-state index in [1.165, 1.54) is 5.56 Å². The summed E-state index contributed by atoms with van der Waals surface area (Å²) in [5, 5.41) is 5.76. The lowest BCUT2D eigenvalue weighted by molar-refractivity contribution is -0.130. The van der Waals surface area contributed by atoms with Gasteiger partial charge in [-0.1, -0.05) is 44.2 Å². The van der Waals surface area contributed by atoms with E-state index in [-0.39, 0.29) is 23.6 Å². The molecule has 1 saturated heterocycles. The number of rotatable bonds is 11. The van der Waals surface area contributed by atoms with Gasteiger partial charge in [0.25, 0.3) is 0 Å². The molecule has 0 aliphatic carbocycles. The number of thioether (sulfide) groups is 1. The number of carbonyl (C=O) groups excluding carboxylic acids is 3. The summed E-state index contributed by atoms with van der Waals surface area (Å²) in [6, 6.07) is 9.50. The number of amides is 3. The summed E-state index contributed by atoms with van der Waals surface area (Å²) in [6.07, 6.45) is 2.28. The van der Waals surface area contributed by atoms with Crippen molar-refractivity contribution < 1.29 is 14.4 Å². The molecule has 1 aliphatic heterocycles. The molecule has 1 heterocycles. The molecule has 1 aliphatic rings. The summed E-state index contributed by atoms with van der Waals surface area (Å²) in [4.78, 5) is 38.1. The van der Waals surface area contributed by atoms with Gasteiger partial charge in [-0.3, -0.25) is 14.4 Å². The largest absolute Gasteiger partial charge is 0.354 e. The molecule has 28 heavy (non-hydrogen) atoms. The second-order valence-electron chi connectivity index (χ2n) is 7.35. The summed E-state index contributed by atoms with van der Waals surface area (Å²) in [5.41, 5.74) is 1.19. The van der Waals surface area contributed by atoms with Crippen LogP contribution in [0.1, 0.15) is 38.7 Å². The number of likely N-dealkylation sites (tertiary alicyclic amines) is 1. The van der Waals surface area contributed by atoms with Gasteiger partial charge in [-0.05, 0) is 18.4 Å². The van der Waals surface area contributed by atoms with Crippen molar-refractivity contribution in [2.45, 2.75) is 44.9 Å². The zero-order valence-electron chi connectivity index (χ0n) is 16.8. The van der Waals surface area contributed by atoms with E-state index in [0.717, 1.165) is 25.1 Å². The maximum atomic E-state index is 12.6. The number of nitrogens with one attached hydrogen (secondary N) is 2. The minimum absolute atomic E-state index is 0.122. The van der Waals surface area contributed by atoms with Gasteiger partial charge in [0.1, 0.15) is 6.04 Å². The zero-order chi connectivity index (χ0) is 20.4. The topological polar surface area (TPSA) is 78.5 Å². The van der Waals surface area contributed by atoms with Gasteiger partial charge < -0.3 is 15.5 Å². The lowest BCUT2D eigenvalue weighted by Crippen LogP contribution is -2.49. The van der Waals surface area contributed by atoms with Crippen molar-refractivity contribution in [1.82, 2.24) is 15.5 Å². The minimum Gasteiger partial charge on any atom is -0.354 e. The Morgan fingerprint density at radius 3 is 2.57 bits per heavy atom. The lowest BCUT2D eigenvalue weighted by atomic mass is 10.2. The molecule has 1 aromatic carbocycles. The Morgan fingerprint density at radius 1 is 1.18 bits per heavy atom. The van der Waals surface area contributed by atoms with Gasteiger partial charge in [-0.2, -0.15) is 11.8 Å². The van der Waals surface area contributed by atoms with Crippen molar-refractivity contribution in [3.05, 3.63) is 35.9 Å². The molecule has 0 radical (unpaired) electrons. The van der Waals surface area contributed by atoms with Crippen molar-refractivity contribution in [3.8, 4) is 0 Å². The molecule has 3 amide bonds. The predicted octanol–water partition coefficient (Wildman–Crippen LogP) is 2.19. The highest BCUT2D eigenvalue weighted by Crippen LogP contribution is 2.13. The van der Waals surface area contributed by atoms with Crippen LogP contribution in [0.5, 0.6) is 0 Å². The Hall–Kier alpha value is -2.02. The first-order chi connectivity index (χ1) is 13.5. The van der Waals surface area contributed by atoms with Crippen molar-refractivity contribution in [3.63, 3.8) is 0 Å². The van der Waals surface area contributed by atoms with E-state index in [1.807, 2.05) is 36.9 Å². The van der Waals surface area contributed by atoms with Gasteiger partial charge in [0, 0.05) is 43.5 Å². The van der Waals surface area contributed by atoms with Gasteiger partial charge >= 0.3 is 0 Å². The van der Waals surface area contributed by atoms with Crippen LogP contribution in [0.4, 0.5) is 0 Å². The van der Waals surface area contributed by atoms with Crippen LogP contribution in [0, 0.1) is 5.92 Å². The van der Waals surface area contributed by atoms with Gasteiger partial charge in [0.15, 0.2) is 0 Å². The third kappa shape index (κ3) is 7.54. The van der Waals surface area contributed by atoms with Gasteiger partial charge in [-0.15, -0.1) is 0 Å². The van der Waals surface area contributed by atoms with E-state index < -0.39 is 6.04 Å². The molecule has 7 heteroatoms. The normalized spacial score (nSPS) is 15.0. The Morgan fingerprint density at radius 2 is 1.93 bits per heavy atom. The standard InChI is InChI=1S/C21H31N3O3S/c1-16(2)20(26)23-18(15-28-14-17-8-4-3-5-9-17)21(27)22-11-7-13-24-12-6-10-19(24)25/h3-5,8-9,16,18H,6-7,10-15H2,1-2H3,(H,22,27)(H,23,26). The molecule has 1 unspecified atom stereocenters. The first-order valence-electron chi connectivity index (χ1n) is 9.95. The zero-order valence-corrected chi connectivity index (χ0v) is 17.6. The van der Waals surface area contributed by atoms with Gasteiger partial charge in [0.2, 0.25) is 17.7 Å². The fourth-order valence-corrected chi connectivity index (χ4v) is 3.95. The lowest BCUT2D eigenvalue weighted by Gasteiger charge is -2.20. The Labute approximate surface area is 171 Å². The number of hydrogen-bond acceptors (Lipinski definition) is 4. The minimum atomic E-state index is -0.558. The maximum absolute atomic E-state index is 12.6. The molecule has 2 N–H and O–H groups in total. The fourth-order valence-electron chi connectivity index (χ4n) is 2.94. The third-order valence-electron chi connectivity index (χ3n) is 4.63. The SMILES string of the molecule is CC(C)C(=O)NC(CSCc1ccccc1)C(=O)NCCCN1CCCC1=O. The van der Waals surface area contributed by atoms with Crippen molar-refractivity contribution in [2.24, 2.45) is 5.92 Å². The van der Waals surface area contributed by atoms with Crippen LogP contribution in [0.25, 0.3) is 0 Å². The molecule has 0 saturated carbocycles. The summed E-state index contributed by atoms with van der Waals surface area (Å²) >= 11 is 1.63. The van der Waals surface area contributed by atoms with Crippen LogP contribution in [0.2, 0.25) is 0 Å². The fraction of sp³-hybridized carbons (Fsp3) is 0.571. The molecule has 1 aromatic rings. The molecular formula is C21H31N3O3S. The average molecular weight is 406 g/mol. The van der Waals surface area contributed by atoms with E-state index in [4.69, 9.17) is 0 Å². The summed E-state index contributed by atoms with van der Waals surface area (Å²) in [6.45, 7) is 5.61. The number of carbonyl (C=O) groups is 3. The number of benzene rings is 1. The molecule has 6 nitrogen and oxygen atoms in total. The first-order valence-corrected chi connectivity index (χ1v) is 11.1. The Kier molecular flexibility index (Phi) is 9.34. The average Bonchev–Trinajstić information content (AvgIpc) is 3.09. The first kappa shape index (κ1) is 22.3. The van der Waals surface area contributed by atoms with E-state index >= 15 is 0 Å². The van der Waals surface area contributed by atoms with Gasteiger partial charge in [0.05, 0.1) is 0 Å². The third-order valence-corrected chi connectivity index (χ3v) is 5.74. The van der Waals surface area contributed by atoms with E-state index in [1.54, 1.807) is 11.8 Å². The predicted molar refractivity (Wildman–Crippen MR) is 113 cm³/mol. The van der Waals surface area contributed by atoms with Crippen LogP contribution in [0.15, 0.2) is 30.3 Å². The van der Waals surface area contributed by atoms with E-state index in [0.29, 0.717) is 25.3 Å². The highest BCUT2D eigenvalue weighted by Gasteiger charge is 2.22. The van der Waals surface area contributed by atoms with Gasteiger partial charge in [-0.25, -0.2) is 0 Å². The molecule has 1 atom stereocenters. The van der Waals surface area contributed by atoms with Crippen LogP contribution in [-0.4, -0.2) is 54.1 Å². The van der Waals surface area contributed by atoms with Crippen LogP contribution < -0.4 is 10.6 Å². The molecular weight excluding hydrogens is 374 g/mol. The second kappa shape index (κ2) is 11.7. The summed E-state index contributed by atoms with van der Waals surface area (Å²) in [5.74, 6) is 1.05. The second-order valence-corrected chi connectivity index (χ2v) is 8.38. The smallest absolute Gasteiger partial charge is 0.243 e. The summed E-state index contributed by atoms with van der Waals surface area (Å²) < 4.78 is 0. The number of hydrogen-bond donors (Lipinski definition) is 2.